The lowest BCUT2D eigenvalue weighted by Gasteiger charge is -2.22. The summed E-state index contributed by atoms with van der Waals surface area (Å²) < 4.78 is 1.16. The van der Waals surface area contributed by atoms with Gasteiger partial charge in [0.15, 0.2) is 0 Å². The van der Waals surface area contributed by atoms with Crippen LogP contribution in [0.1, 0.15) is 31.7 Å². The summed E-state index contributed by atoms with van der Waals surface area (Å²) in [6, 6.07) is 6.28. The van der Waals surface area contributed by atoms with Gasteiger partial charge in [-0.2, -0.15) is 0 Å². The minimum Gasteiger partial charge on any atom is -0.390 e. The molecule has 1 aromatic rings. The van der Waals surface area contributed by atoms with Crippen LogP contribution in [0.15, 0.2) is 22.7 Å². The van der Waals surface area contributed by atoms with E-state index in [-0.39, 0.29) is 0 Å². The summed E-state index contributed by atoms with van der Waals surface area (Å²) in [7, 11) is 2.11. The lowest BCUT2D eigenvalue weighted by molar-refractivity contribution is 0.0644. The highest BCUT2D eigenvalue weighted by molar-refractivity contribution is 9.10. The molecular formula is C13H18BrNO. The number of aliphatic hydroxyl groups is 1. The quantitative estimate of drug-likeness (QED) is 0.901. The Bertz CT molecular complexity index is 397. The van der Waals surface area contributed by atoms with Crippen molar-refractivity contribution in [3.05, 3.63) is 28.2 Å². The van der Waals surface area contributed by atoms with Gasteiger partial charge < -0.3 is 10.0 Å². The van der Waals surface area contributed by atoms with E-state index in [4.69, 9.17) is 0 Å². The van der Waals surface area contributed by atoms with Crippen LogP contribution in [0, 0.1) is 0 Å². The second-order valence-corrected chi connectivity index (χ2v) is 6.12. The molecular weight excluding hydrogens is 266 g/mol. The molecule has 1 unspecified atom stereocenters. The Hall–Kier alpha value is -0.540. The number of halogens is 1. The molecule has 0 spiro atoms. The van der Waals surface area contributed by atoms with Gasteiger partial charge in [-0.3, -0.25) is 0 Å². The van der Waals surface area contributed by atoms with Crippen molar-refractivity contribution in [2.45, 2.75) is 31.8 Å². The van der Waals surface area contributed by atoms with E-state index in [0.717, 1.165) is 17.4 Å². The minimum atomic E-state index is -0.609. The van der Waals surface area contributed by atoms with Crippen molar-refractivity contribution >= 4 is 21.6 Å². The van der Waals surface area contributed by atoms with Gasteiger partial charge in [-0.05, 0) is 38.0 Å². The summed E-state index contributed by atoms with van der Waals surface area (Å²) in [6.45, 7) is 4.74. The fourth-order valence-electron chi connectivity index (χ4n) is 2.55. The molecule has 2 rings (SSSR count). The third-order valence-corrected chi connectivity index (χ3v) is 3.78. The van der Waals surface area contributed by atoms with Crippen LogP contribution < -0.4 is 4.90 Å². The Morgan fingerprint density at radius 2 is 2.19 bits per heavy atom. The Balaban J connectivity index is 2.35. The van der Waals surface area contributed by atoms with Crippen molar-refractivity contribution in [1.82, 2.24) is 0 Å². The van der Waals surface area contributed by atoms with Crippen LogP contribution in [0.4, 0.5) is 5.69 Å². The summed E-state index contributed by atoms with van der Waals surface area (Å²) in [5, 5.41) is 9.95. The van der Waals surface area contributed by atoms with E-state index in [1.807, 2.05) is 13.8 Å². The second kappa shape index (κ2) is 4.04. The molecule has 1 aromatic carbocycles. The van der Waals surface area contributed by atoms with Gasteiger partial charge >= 0.3 is 0 Å². The summed E-state index contributed by atoms with van der Waals surface area (Å²) in [5.74, 6) is 0.413. The summed E-state index contributed by atoms with van der Waals surface area (Å²) in [4.78, 5) is 2.26. The van der Waals surface area contributed by atoms with Gasteiger partial charge in [0.1, 0.15) is 0 Å². The van der Waals surface area contributed by atoms with E-state index in [1.54, 1.807) is 0 Å². The van der Waals surface area contributed by atoms with E-state index in [2.05, 4.69) is 46.1 Å². The topological polar surface area (TPSA) is 23.5 Å². The first-order valence-electron chi connectivity index (χ1n) is 5.60. The van der Waals surface area contributed by atoms with E-state index in [0.29, 0.717) is 5.92 Å². The first kappa shape index (κ1) is 11.9. The molecule has 1 heterocycles. The van der Waals surface area contributed by atoms with Gasteiger partial charge in [-0.1, -0.05) is 22.0 Å². The number of fused-ring (bicyclic) bond motifs is 1. The molecule has 16 heavy (non-hydrogen) atoms. The molecule has 1 atom stereocenters. The number of hydrogen-bond donors (Lipinski definition) is 1. The zero-order valence-corrected chi connectivity index (χ0v) is 11.6. The maximum Gasteiger partial charge on any atom is 0.0598 e. The monoisotopic (exact) mass is 283 g/mol. The number of anilines is 1. The van der Waals surface area contributed by atoms with Crippen molar-refractivity contribution in [3.8, 4) is 0 Å². The summed E-state index contributed by atoms with van der Waals surface area (Å²) in [5.41, 5.74) is 2.01. The highest BCUT2D eigenvalue weighted by Gasteiger charge is 2.31. The van der Waals surface area contributed by atoms with Crippen LogP contribution in [0.5, 0.6) is 0 Å². The first-order valence-corrected chi connectivity index (χ1v) is 6.40. The molecule has 1 aliphatic rings. The predicted molar refractivity (Wildman–Crippen MR) is 71.1 cm³/mol. The molecule has 88 valence electrons. The molecule has 0 fully saturated rings. The summed E-state index contributed by atoms with van der Waals surface area (Å²) in [6.07, 6.45) is 0.799. The SMILES string of the molecule is CN1CC(CC(C)(C)O)c2c(Br)cccc21. The van der Waals surface area contributed by atoms with Crippen LogP contribution in [0.25, 0.3) is 0 Å². The van der Waals surface area contributed by atoms with Gasteiger partial charge in [0.2, 0.25) is 0 Å². The zero-order valence-electron chi connectivity index (χ0n) is 10.00. The normalized spacial score (nSPS) is 20.1. The number of likely N-dealkylation sites (N-methyl/N-ethyl adjacent to an activating group) is 1. The molecule has 0 saturated carbocycles. The van der Waals surface area contributed by atoms with Crippen LogP contribution in [0.2, 0.25) is 0 Å². The number of rotatable bonds is 2. The summed E-state index contributed by atoms with van der Waals surface area (Å²) >= 11 is 3.61. The van der Waals surface area contributed by atoms with Gasteiger partial charge in [0.25, 0.3) is 0 Å². The highest BCUT2D eigenvalue weighted by Crippen LogP contribution is 2.43. The van der Waals surface area contributed by atoms with Gasteiger partial charge in [-0.15, -0.1) is 0 Å². The number of benzene rings is 1. The standard InChI is InChI=1S/C13H18BrNO/c1-13(2,16)7-9-8-15(3)11-6-4-5-10(14)12(9)11/h4-6,9,16H,7-8H2,1-3H3. The second-order valence-electron chi connectivity index (χ2n) is 5.27. The first-order chi connectivity index (χ1) is 7.38. The van der Waals surface area contributed by atoms with E-state index in [1.165, 1.54) is 11.3 Å². The largest absolute Gasteiger partial charge is 0.390 e. The molecule has 1 N–H and O–H groups in total. The fourth-order valence-corrected chi connectivity index (χ4v) is 3.23. The van der Waals surface area contributed by atoms with Crippen LogP contribution in [0.3, 0.4) is 0 Å². The van der Waals surface area contributed by atoms with Crippen molar-refractivity contribution in [3.63, 3.8) is 0 Å². The average molecular weight is 284 g/mol. The number of nitrogens with zero attached hydrogens (tertiary/aromatic N) is 1. The van der Waals surface area contributed by atoms with Crippen LogP contribution in [-0.2, 0) is 0 Å². The third-order valence-electron chi connectivity index (χ3n) is 3.09. The molecule has 3 heteroatoms. The predicted octanol–water partition coefficient (Wildman–Crippen LogP) is 3.14. The molecule has 1 aliphatic heterocycles. The van der Waals surface area contributed by atoms with Crippen LogP contribution >= 0.6 is 15.9 Å². The third kappa shape index (κ3) is 2.25. The maximum absolute atomic E-state index is 9.95. The molecule has 0 radical (unpaired) electrons. The molecule has 0 amide bonds. The van der Waals surface area contributed by atoms with E-state index >= 15 is 0 Å². The molecule has 0 aromatic heterocycles. The Morgan fingerprint density at radius 1 is 1.50 bits per heavy atom. The minimum absolute atomic E-state index is 0.413. The average Bonchev–Trinajstić information content (AvgIpc) is 2.42. The highest BCUT2D eigenvalue weighted by atomic mass is 79.9. The van der Waals surface area contributed by atoms with Crippen molar-refractivity contribution in [2.24, 2.45) is 0 Å². The van der Waals surface area contributed by atoms with Crippen molar-refractivity contribution < 1.29 is 5.11 Å². The van der Waals surface area contributed by atoms with Crippen molar-refractivity contribution in [1.29, 1.82) is 0 Å². The van der Waals surface area contributed by atoms with Crippen LogP contribution in [-0.4, -0.2) is 24.3 Å². The number of hydrogen-bond acceptors (Lipinski definition) is 2. The maximum atomic E-state index is 9.95. The smallest absolute Gasteiger partial charge is 0.0598 e. The Morgan fingerprint density at radius 3 is 2.81 bits per heavy atom. The molecule has 0 saturated heterocycles. The molecule has 0 aliphatic carbocycles. The zero-order chi connectivity index (χ0) is 11.9. The Labute approximate surface area is 105 Å². The van der Waals surface area contributed by atoms with Gasteiger partial charge in [-0.25, -0.2) is 0 Å². The Kier molecular flexibility index (Phi) is 3.01. The van der Waals surface area contributed by atoms with E-state index in [9.17, 15) is 5.11 Å². The lowest BCUT2D eigenvalue weighted by atomic mass is 9.89. The lowest BCUT2D eigenvalue weighted by Crippen LogP contribution is -2.25. The van der Waals surface area contributed by atoms with Crippen molar-refractivity contribution in [2.75, 3.05) is 18.5 Å². The molecule has 2 nitrogen and oxygen atoms in total. The fraction of sp³-hybridized carbons (Fsp3) is 0.538. The van der Waals surface area contributed by atoms with E-state index < -0.39 is 5.60 Å². The molecule has 0 bridgehead atoms. The van der Waals surface area contributed by atoms with Gasteiger partial charge in [0.05, 0.1) is 5.60 Å². The van der Waals surface area contributed by atoms with Gasteiger partial charge in [0, 0.05) is 29.7 Å².